The Bertz CT molecular complexity index is 143. The normalized spacial score (nSPS) is 10.4. The summed E-state index contributed by atoms with van der Waals surface area (Å²) in [5.74, 6) is 0. The van der Waals surface area contributed by atoms with Crippen LogP contribution < -0.4 is 0 Å². The molecule has 8 heavy (non-hydrogen) atoms. The summed E-state index contributed by atoms with van der Waals surface area (Å²) < 4.78 is 0.0926. The van der Waals surface area contributed by atoms with E-state index in [1.807, 2.05) is 17.5 Å². The van der Waals surface area contributed by atoms with Crippen LogP contribution in [0.4, 0.5) is 0 Å². The minimum atomic E-state index is 0.0926. The molecule has 0 unspecified atom stereocenters. The van der Waals surface area contributed by atoms with E-state index in [9.17, 15) is 0 Å². The molecule has 0 amide bonds. The Hall–Kier alpha value is 0.400. The first-order valence-corrected chi connectivity index (χ1v) is 4.11. The number of thiol groups is 2. The number of hydrogen-bond acceptors (Lipinski definition) is 3. The van der Waals surface area contributed by atoms with Crippen molar-refractivity contribution >= 4 is 36.6 Å². The van der Waals surface area contributed by atoms with E-state index >= 15 is 0 Å². The van der Waals surface area contributed by atoms with Crippen LogP contribution in [0.1, 0.15) is 9.46 Å². The third-order valence-corrected chi connectivity index (χ3v) is 2.64. The minimum Gasteiger partial charge on any atom is -0.160 e. The summed E-state index contributed by atoms with van der Waals surface area (Å²) in [6.45, 7) is 0. The Morgan fingerprint density at radius 1 is 1.50 bits per heavy atom. The van der Waals surface area contributed by atoms with Crippen molar-refractivity contribution in [3.05, 3.63) is 22.4 Å². The van der Waals surface area contributed by atoms with Crippen LogP contribution in [0, 0.1) is 0 Å². The van der Waals surface area contributed by atoms with Gasteiger partial charge in [-0.1, -0.05) is 6.07 Å². The van der Waals surface area contributed by atoms with Gasteiger partial charge in [-0.25, -0.2) is 0 Å². The molecule has 0 bridgehead atoms. The summed E-state index contributed by atoms with van der Waals surface area (Å²) in [7, 11) is 0. The van der Waals surface area contributed by atoms with Crippen molar-refractivity contribution in [2.75, 3.05) is 0 Å². The molecule has 0 aromatic carbocycles. The lowest BCUT2D eigenvalue weighted by Crippen LogP contribution is -1.68. The SMILES string of the molecule is SC(S)c1cccs1. The van der Waals surface area contributed by atoms with Gasteiger partial charge in [0.25, 0.3) is 0 Å². The topological polar surface area (TPSA) is 0 Å². The molecule has 0 nitrogen and oxygen atoms in total. The Morgan fingerprint density at radius 2 is 2.25 bits per heavy atom. The molecular weight excluding hydrogens is 156 g/mol. The monoisotopic (exact) mass is 162 g/mol. The van der Waals surface area contributed by atoms with Crippen molar-refractivity contribution in [3.8, 4) is 0 Å². The van der Waals surface area contributed by atoms with Gasteiger partial charge in [0.15, 0.2) is 0 Å². The van der Waals surface area contributed by atoms with Crippen LogP contribution >= 0.6 is 36.6 Å². The third-order valence-electron chi connectivity index (χ3n) is 0.798. The van der Waals surface area contributed by atoms with Gasteiger partial charge >= 0.3 is 0 Å². The van der Waals surface area contributed by atoms with Gasteiger partial charge in [-0.3, -0.25) is 0 Å². The number of thiophene rings is 1. The zero-order valence-corrected chi connectivity index (χ0v) is 6.72. The van der Waals surface area contributed by atoms with Gasteiger partial charge < -0.3 is 0 Å². The zero-order valence-electron chi connectivity index (χ0n) is 4.11. The quantitative estimate of drug-likeness (QED) is 0.460. The molecule has 44 valence electrons. The fraction of sp³-hybridized carbons (Fsp3) is 0.200. The van der Waals surface area contributed by atoms with Crippen molar-refractivity contribution in [1.29, 1.82) is 0 Å². The standard InChI is InChI=1S/C5H6S3/c6-5(7)4-2-1-3-8-4/h1-3,5-7H. The largest absolute Gasteiger partial charge is 0.160 e. The van der Waals surface area contributed by atoms with Crippen molar-refractivity contribution in [2.24, 2.45) is 0 Å². The lowest BCUT2D eigenvalue weighted by Gasteiger charge is -1.93. The summed E-state index contributed by atoms with van der Waals surface area (Å²) in [5, 5.41) is 2.02. The first kappa shape index (κ1) is 6.52. The van der Waals surface area contributed by atoms with E-state index in [0.717, 1.165) is 0 Å². The molecule has 0 N–H and O–H groups in total. The van der Waals surface area contributed by atoms with E-state index in [-0.39, 0.29) is 4.58 Å². The second kappa shape index (κ2) is 2.80. The maximum Gasteiger partial charge on any atom is 0.0784 e. The van der Waals surface area contributed by atoms with Gasteiger partial charge in [0.2, 0.25) is 0 Å². The van der Waals surface area contributed by atoms with Crippen molar-refractivity contribution in [2.45, 2.75) is 4.58 Å². The predicted molar refractivity (Wildman–Crippen MR) is 45.0 cm³/mol. The van der Waals surface area contributed by atoms with Crippen LogP contribution in [0.15, 0.2) is 17.5 Å². The summed E-state index contributed by atoms with van der Waals surface area (Å²) in [4.78, 5) is 1.21. The Labute approximate surface area is 63.7 Å². The molecule has 0 spiro atoms. The summed E-state index contributed by atoms with van der Waals surface area (Å²) in [6.07, 6.45) is 0. The van der Waals surface area contributed by atoms with E-state index in [0.29, 0.717) is 0 Å². The molecular formula is C5H6S3. The molecule has 0 radical (unpaired) electrons. The fourth-order valence-electron chi connectivity index (χ4n) is 0.438. The van der Waals surface area contributed by atoms with E-state index in [2.05, 4.69) is 25.3 Å². The average molecular weight is 162 g/mol. The lowest BCUT2D eigenvalue weighted by molar-refractivity contribution is 1.53. The van der Waals surface area contributed by atoms with Crippen LogP contribution in [-0.2, 0) is 0 Å². The molecule has 0 aliphatic heterocycles. The van der Waals surface area contributed by atoms with Crippen molar-refractivity contribution in [1.82, 2.24) is 0 Å². The molecule has 1 aromatic rings. The molecule has 0 atom stereocenters. The third kappa shape index (κ3) is 1.44. The molecule has 0 aliphatic rings. The van der Waals surface area contributed by atoms with E-state index in [4.69, 9.17) is 0 Å². The van der Waals surface area contributed by atoms with Crippen LogP contribution in [0.5, 0.6) is 0 Å². The van der Waals surface area contributed by atoms with Crippen molar-refractivity contribution in [3.63, 3.8) is 0 Å². The van der Waals surface area contributed by atoms with E-state index < -0.39 is 0 Å². The maximum atomic E-state index is 4.13. The summed E-state index contributed by atoms with van der Waals surface area (Å²) in [6, 6.07) is 4.02. The fourth-order valence-corrected chi connectivity index (χ4v) is 1.57. The molecule has 0 fully saturated rings. The average Bonchev–Trinajstić information content (AvgIpc) is 2.12. The molecule has 0 aliphatic carbocycles. The van der Waals surface area contributed by atoms with Gasteiger partial charge in [-0.05, 0) is 11.4 Å². The van der Waals surface area contributed by atoms with E-state index in [1.165, 1.54) is 4.88 Å². The Balaban J connectivity index is 2.77. The molecule has 1 aromatic heterocycles. The van der Waals surface area contributed by atoms with Gasteiger partial charge in [-0.2, -0.15) is 25.3 Å². The molecule has 3 heteroatoms. The lowest BCUT2D eigenvalue weighted by atomic mass is 10.5. The summed E-state index contributed by atoms with van der Waals surface area (Å²) in [5.41, 5.74) is 0. The highest BCUT2D eigenvalue weighted by molar-refractivity contribution is 7.98. The molecule has 0 saturated heterocycles. The minimum absolute atomic E-state index is 0.0926. The van der Waals surface area contributed by atoms with Crippen molar-refractivity contribution < 1.29 is 0 Å². The Kier molecular flexibility index (Phi) is 2.28. The second-order valence-corrected chi connectivity index (χ2v) is 3.81. The maximum absolute atomic E-state index is 4.13. The molecule has 0 saturated carbocycles. The van der Waals surface area contributed by atoms with Gasteiger partial charge in [0.05, 0.1) is 4.58 Å². The van der Waals surface area contributed by atoms with Crippen LogP contribution in [-0.4, -0.2) is 0 Å². The van der Waals surface area contributed by atoms with Crippen LogP contribution in [0.2, 0.25) is 0 Å². The Morgan fingerprint density at radius 3 is 2.50 bits per heavy atom. The van der Waals surface area contributed by atoms with Gasteiger partial charge in [0, 0.05) is 4.88 Å². The predicted octanol–water partition coefficient (Wildman–Crippen LogP) is 2.61. The number of hydrogen-bond donors (Lipinski definition) is 2. The van der Waals surface area contributed by atoms with Gasteiger partial charge in [0.1, 0.15) is 0 Å². The number of rotatable bonds is 1. The highest BCUT2D eigenvalue weighted by Gasteiger charge is 1.97. The second-order valence-electron chi connectivity index (χ2n) is 1.39. The van der Waals surface area contributed by atoms with Gasteiger partial charge in [-0.15, -0.1) is 11.3 Å². The zero-order chi connectivity index (χ0) is 5.98. The van der Waals surface area contributed by atoms with Crippen LogP contribution in [0.25, 0.3) is 0 Å². The first-order valence-electron chi connectivity index (χ1n) is 2.20. The highest BCUT2D eigenvalue weighted by atomic mass is 32.2. The smallest absolute Gasteiger partial charge is 0.0784 e. The van der Waals surface area contributed by atoms with E-state index in [1.54, 1.807) is 11.3 Å². The molecule has 1 rings (SSSR count). The molecule has 1 heterocycles. The van der Waals surface area contributed by atoms with Crippen LogP contribution in [0.3, 0.4) is 0 Å². The highest BCUT2D eigenvalue weighted by Crippen LogP contribution is 2.26. The first-order chi connectivity index (χ1) is 3.80. The summed E-state index contributed by atoms with van der Waals surface area (Å²) >= 11 is 9.93.